The van der Waals surface area contributed by atoms with Crippen LogP contribution in [0.4, 0.5) is 0 Å². The Kier molecular flexibility index (Phi) is 6.72. The molecule has 0 bridgehead atoms. The van der Waals surface area contributed by atoms with Gasteiger partial charge < -0.3 is 14.6 Å². The summed E-state index contributed by atoms with van der Waals surface area (Å²) in [7, 11) is 1.69. The summed E-state index contributed by atoms with van der Waals surface area (Å²) in [5, 5.41) is 9.63. The van der Waals surface area contributed by atoms with Crippen LogP contribution in [0.25, 0.3) is 6.08 Å². The van der Waals surface area contributed by atoms with E-state index in [1.54, 1.807) is 7.11 Å². The first-order chi connectivity index (χ1) is 14.7. The van der Waals surface area contributed by atoms with Gasteiger partial charge in [0.05, 0.1) is 7.11 Å². The second-order valence-corrected chi connectivity index (χ2v) is 8.29. The van der Waals surface area contributed by atoms with E-state index in [2.05, 4.69) is 47.1 Å². The Morgan fingerprint density at radius 1 is 1.13 bits per heavy atom. The van der Waals surface area contributed by atoms with Crippen molar-refractivity contribution in [2.45, 2.75) is 25.9 Å². The first kappa shape index (κ1) is 20.9. The molecular formula is C25H32N2O3. The topological polar surface area (TPSA) is 45.2 Å². The number of benzene rings is 2. The molecule has 5 nitrogen and oxygen atoms in total. The second-order valence-electron chi connectivity index (χ2n) is 8.29. The lowest BCUT2D eigenvalue weighted by Crippen LogP contribution is -2.53. The SMILES string of the molecule is COc1ccc2c(c1)C=C(CN1CCN(Cc3ccccc3C)[C@@H](CCO)C1)CO2. The van der Waals surface area contributed by atoms with Crippen molar-refractivity contribution in [3.05, 3.63) is 64.7 Å². The van der Waals surface area contributed by atoms with Crippen molar-refractivity contribution < 1.29 is 14.6 Å². The fourth-order valence-corrected chi connectivity index (χ4v) is 4.45. The molecule has 0 aliphatic carbocycles. The van der Waals surface area contributed by atoms with Gasteiger partial charge in [0.15, 0.2) is 0 Å². The average Bonchev–Trinajstić information content (AvgIpc) is 2.76. The van der Waals surface area contributed by atoms with Gasteiger partial charge in [-0.1, -0.05) is 24.3 Å². The molecule has 0 unspecified atom stereocenters. The zero-order valence-corrected chi connectivity index (χ0v) is 18.0. The van der Waals surface area contributed by atoms with E-state index in [1.807, 2.05) is 18.2 Å². The predicted molar refractivity (Wildman–Crippen MR) is 120 cm³/mol. The fraction of sp³-hybridized carbons (Fsp3) is 0.440. The summed E-state index contributed by atoms with van der Waals surface area (Å²) in [6.45, 7) is 7.88. The van der Waals surface area contributed by atoms with Gasteiger partial charge in [-0.3, -0.25) is 9.80 Å². The van der Waals surface area contributed by atoms with Crippen molar-refractivity contribution in [3.8, 4) is 11.5 Å². The lowest BCUT2D eigenvalue weighted by atomic mass is 10.0. The van der Waals surface area contributed by atoms with Crippen LogP contribution in [0.2, 0.25) is 0 Å². The minimum atomic E-state index is 0.224. The number of hydrogen-bond donors (Lipinski definition) is 1. The number of nitrogens with zero attached hydrogens (tertiary/aromatic N) is 2. The Morgan fingerprint density at radius 2 is 2.00 bits per heavy atom. The number of rotatable bonds is 7. The Bertz CT molecular complexity index is 896. The molecule has 2 aliphatic rings. The number of hydrogen-bond acceptors (Lipinski definition) is 5. The van der Waals surface area contributed by atoms with Crippen molar-refractivity contribution in [3.63, 3.8) is 0 Å². The molecule has 0 saturated carbocycles. The summed E-state index contributed by atoms with van der Waals surface area (Å²) < 4.78 is 11.3. The van der Waals surface area contributed by atoms with E-state index in [-0.39, 0.29) is 6.61 Å². The van der Waals surface area contributed by atoms with E-state index in [0.717, 1.165) is 56.2 Å². The van der Waals surface area contributed by atoms with E-state index < -0.39 is 0 Å². The number of methoxy groups -OCH3 is 1. The van der Waals surface area contributed by atoms with Crippen LogP contribution in [0.15, 0.2) is 48.0 Å². The van der Waals surface area contributed by atoms with Crippen LogP contribution in [0.5, 0.6) is 11.5 Å². The molecule has 1 N–H and O–H groups in total. The first-order valence-electron chi connectivity index (χ1n) is 10.8. The molecule has 2 aromatic carbocycles. The summed E-state index contributed by atoms with van der Waals surface area (Å²) in [6.07, 6.45) is 3.04. The number of piperazine rings is 1. The van der Waals surface area contributed by atoms with Gasteiger partial charge in [-0.2, -0.15) is 0 Å². The third-order valence-corrected chi connectivity index (χ3v) is 6.20. The Hall–Kier alpha value is -2.34. The maximum atomic E-state index is 9.63. The second kappa shape index (κ2) is 9.65. The smallest absolute Gasteiger partial charge is 0.127 e. The molecule has 2 aromatic rings. The Labute approximate surface area is 179 Å². The van der Waals surface area contributed by atoms with Crippen LogP contribution < -0.4 is 9.47 Å². The van der Waals surface area contributed by atoms with Crippen molar-refractivity contribution in [2.75, 3.05) is 46.5 Å². The van der Waals surface area contributed by atoms with Crippen LogP contribution in [-0.2, 0) is 6.54 Å². The van der Waals surface area contributed by atoms with Crippen molar-refractivity contribution in [2.24, 2.45) is 0 Å². The van der Waals surface area contributed by atoms with Gasteiger partial charge >= 0.3 is 0 Å². The monoisotopic (exact) mass is 408 g/mol. The van der Waals surface area contributed by atoms with Gasteiger partial charge in [-0.05, 0) is 54.3 Å². The molecule has 0 spiro atoms. The van der Waals surface area contributed by atoms with Crippen LogP contribution in [-0.4, -0.2) is 67.5 Å². The molecule has 2 aliphatic heterocycles. The average molecular weight is 409 g/mol. The van der Waals surface area contributed by atoms with Gasteiger partial charge in [-0.25, -0.2) is 0 Å². The highest BCUT2D eigenvalue weighted by Gasteiger charge is 2.27. The largest absolute Gasteiger partial charge is 0.497 e. The molecule has 160 valence electrons. The van der Waals surface area contributed by atoms with E-state index in [4.69, 9.17) is 9.47 Å². The van der Waals surface area contributed by atoms with Crippen LogP contribution in [0.1, 0.15) is 23.1 Å². The maximum absolute atomic E-state index is 9.63. The highest BCUT2D eigenvalue weighted by atomic mass is 16.5. The highest BCUT2D eigenvalue weighted by Crippen LogP contribution is 2.30. The molecule has 0 aromatic heterocycles. The summed E-state index contributed by atoms with van der Waals surface area (Å²) in [5.74, 6) is 1.77. The van der Waals surface area contributed by atoms with E-state index in [0.29, 0.717) is 12.6 Å². The van der Waals surface area contributed by atoms with Crippen molar-refractivity contribution in [1.29, 1.82) is 0 Å². The Morgan fingerprint density at radius 3 is 2.80 bits per heavy atom. The van der Waals surface area contributed by atoms with E-state index in [9.17, 15) is 5.11 Å². The highest BCUT2D eigenvalue weighted by molar-refractivity contribution is 5.64. The quantitative estimate of drug-likeness (QED) is 0.761. The molecule has 1 fully saturated rings. The maximum Gasteiger partial charge on any atom is 0.127 e. The van der Waals surface area contributed by atoms with Crippen molar-refractivity contribution in [1.82, 2.24) is 9.80 Å². The van der Waals surface area contributed by atoms with Gasteiger partial charge in [0.2, 0.25) is 0 Å². The molecule has 0 radical (unpaired) electrons. The van der Waals surface area contributed by atoms with Gasteiger partial charge in [0, 0.05) is 50.9 Å². The summed E-state index contributed by atoms with van der Waals surface area (Å²) in [6, 6.07) is 14.9. The number of fused-ring (bicyclic) bond motifs is 1. The summed E-state index contributed by atoms with van der Waals surface area (Å²) in [5.41, 5.74) is 5.08. The van der Waals surface area contributed by atoms with E-state index >= 15 is 0 Å². The van der Waals surface area contributed by atoms with Crippen molar-refractivity contribution >= 4 is 6.08 Å². The Balaban J connectivity index is 1.41. The molecule has 0 amide bonds. The van der Waals surface area contributed by atoms with Crippen LogP contribution in [0, 0.1) is 6.92 Å². The van der Waals surface area contributed by atoms with Gasteiger partial charge in [0.1, 0.15) is 18.1 Å². The van der Waals surface area contributed by atoms with Crippen LogP contribution >= 0.6 is 0 Å². The molecule has 1 atom stereocenters. The third-order valence-electron chi connectivity index (χ3n) is 6.20. The molecule has 5 heteroatoms. The standard InChI is InChI=1S/C25H32N2O3/c1-19-5-3-4-6-21(19)16-27-11-10-26(17-23(27)9-12-28)15-20-13-22-14-24(29-2)7-8-25(22)30-18-20/h3-8,13-14,23,28H,9-12,15-18H2,1-2H3/t23-/m0/s1. The predicted octanol–water partition coefficient (Wildman–Crippen LogP) is 3.35. The van der Waals surface area contributed by atoms with E-state index in [1.165, 1.54) is 16.7 Å². The molecule has 1 saturated heterocycles. The van der Waals surface area contributed by atoms with Crippen LogP contribution in [0.3, 0.4) is 0 Å². The molecule has 2 heterocycles. The lowest BCUT2D eigenvalue weighted by molar-refractivity contribution is 0.0573. The lowest BCUT2D eigenvalue weighted by Gasteiger charge is -2.42. The minimum absolute atomic E-state index is 0.224. The third kappa shape index (κ3) is 4.86. The summed E-state index contributed by atoms with van der Waals surface area (Å²) >= 11 is 0. The summed E-state index contributed by atoms with van der Waals surface area (Å²) in [4.78, 5) is 5.02. The number of ether oxygens (including phenoxy) is 2. The number of aliphatic hydroxyl groups is 1. The molecular weight excluding hydrogens is 376 g/mol. The first-order valence-corrected chi connectivity index (χ1v) is 10.8. The number of aryl methyl sites for hydroxylation is 1. The molecule has 4 rings (SSSR count). The zero-order valence-electron chi connectivity index (χ0n) is 18.0. The minimum Gasteiger partial charge on any atom is -0.497 e. The normalized spacial score (nSPS) is 19.7. The zero-order chi connectivity index (χ0) is 20.9. The molecule has 30 heavy (non-hydrogen) atoms. The van der Waals surface area contributed by atoms with Gasteiger partial charge in [-0.15, -0.1) is 0 Å². The van der Waals surface area contributed by atoms with Gasteiger partial charge in [0.25, 0.3) is 0 Å². The number of aliphatic hydroxyl groups excluding tert-OH is 1. The fourth-order valence-electron chi connectivity index (χ4n) is 4.45.